The van der Waals surface area contributed by atoms with Crippen LogP contribution in [0.2, 0.25) is 5.02 Å². The molecule has 2 amide bonds. The molecule has 0 fully saturated rings. The van der Waals surface area contributed by atoms with Crippen LogP contribution in [0, 0.1) is 5.92 Å². The maximum absolute atomic E-state index is 11.9. The molecule has 2 rings (SSSR count). The average Bonchev–Trinajstić information content (AvgIpc) is 3.00. The van der Waals surface area contributed by atoms with Crippen LogP contribution in [-0.2, 0) is 9.59 Å². The van der Waals surface area contributed by atoms with E-state index in [-0.39, 0.29) is 24.3 Å². The Balaban J connectivity index is 1.92. The number of nitrogens with zero attached hydrogens (tertiary/aromatic N) is 1. The van der Waals surface area contributed by atoms with Gasteiger partial charge in [-0.2, -0.15) is 0 Å². The highest BCUT2D eigenvalue weighted by Gasteiger charge is 2.18. The van der Waals surface area contributed by atoms with Crippen molar-refractivity contribution in [1.82, 2.24) is 10.3 Å². The van der Waals surface area contributed by atoms with Gasteiger partial charge in [-0.25, -0.2) is 4.98 Å². The van der Waals surface area contributed by atoms with Crippen molar-refractivity contribution in [3.8, 4) is 11.3 Å². The zero-order valence-corrected chi connectivity index (χ0v) is 14.9. The minimum absolute atomic E-state index is 0.00482. The number of nitrogens with one attached hydrogen (secondary N) is 2. The first kappa shape index (κ1) is 18.4. The first-order valence-corrected chi connectivity index (χ1v) is 8.68. The fraction of sp³-hybridized carbons (Fsp3) is 0.312. The lowest BCUT2D eigenvalue weighted by molar-refractivity contribution is -0.125. The Kier molecular flexibility index (Phi) is 6.30. The van der Waals surface area contributed by atoms with E-state index >= 15 is 0 Å². The van der Waals surface area contributed by atoms with Crippen LogP contribution >= 0.6 is 22.9 Å². The molecule has 4 N–H and O–H groups in total. The molecular formula is C16H19ClN4O2S. The Labute approximate surface area is 149 Å². The lowest BCUT2D eigenvalue weighted by Gasteiger charge is -2.14. The van der Waals surface area contributed by atoms with Crippen LogP contribution < -0.4 is 16.4 Å². The predicted molar refractivity (Wildman–Crippen MR) is 97.0 cm³/mol. The van der Waals surface area contributed by atoms with Crippen LogP contribution in [0.25, 0.3) is 11.3 Å². The van der Waals surface area contributed by atoms with E-state index < -0.39 is 6.04 Å². The van der Waals surface area contributed by atoms with Gasteiger partial charge in [0.25, 0.3) is 0 Å². The van der Waals surface area contributed by atoms with Gasteiger partial charge in [-0.15, -0.1) is 11.3 Å². The summed E-state index contributed by atoms with van der Waals surface area (Å²) in [6.45, 7) is 3.53. The van der Waals surface area contributed by atoms with E-state index in [1.165, 1.54) is 11.3 Å². The number of carbonyl (C=O) groups excluding carboxylic acids is 2. The summed E-state index contributed by atoms with van der Waals surface area (Å²) in [4.78, 5) is 28.0. The largest absolute Gasteiger partial charge is 0.346 e. The predicted octanol–water partition coefficient (Wildman–Crippen LogP) is 2.50. The van der Waals surface area contributed by atoms with Gasteiger partial charge in [0.1, 0.15) is 0 Å². The summed E-state index contributed by atoms with van der Waals surface area (Å²) < 4.78 is 0. The molecule has 0 saturated carbocycles. The molecule has 128 valence electrons. The smallest absolute Gasteiger partial charge is 0.245 e. The summed E-state index contributed by atoms with van der Waals surface area (Å²) in [7, 11) is 0. The van der Waals surface area contributed by atoms with E-state index in [0.717, 1.165) is 5.56 Å². The minimum atomic E-state index is -0.635. The van der Waals surface area contributed by atoms with Gasteiger partial charge in [0, 0.05) is 16.0 Å². The van der Waals surface area contributed by atoms with Crippen LogP contribution in [-0.4, -0.2) is 29.4 Å². The summed E-state index contributed by atoms with van der Waals surface area (Å²) in [5.74, 6) is -0.708. The van der Waals surface area contributed by atoms with E-state index in [1.807, 2.05) is 37.4 Å². The standard InChI is InChI=1S/C16H19ClN4O2S/c1-9(2)14(18)15(23)19-7-13(22)21-16-20-12(8-24-16)10-5-3-4-6-11(10)17/h3-6,8-9,14H,7,18H2,1-2H3,(H,19,23)(H,20,21,22)/t14-/m0/s1. The molecule has 0 aliphatic carbocycles. The Morgan fingerprint density at radius 1 is 1.33 bits per heavy atom. The number of hydrogen-bond donors (Lipinski definition) is 3. The fourth-order valence-electron chi connectivity index (χ4n) is 1.88. The van der Waals surface area contributed by atoms with Gasteiger partial charge in [0.2, 0.25) is 11.8 Å². The summed E-state index contributed by atoms with van der Waals surface area (Å²) in [5.41, 5.74) is 7.20. The number of aromatic nitrogens is 1. The minimum Gasteiger partial charge on any atom is -0.346 e. The lowest BCUT2D eigenvalue weighted by atomic mass is 10.1. The molecule has 6 nitrogen and oxygen atoms in total. The highest BCUT2D eigenvalue weighted by Crippen LogP contribution is 2.30. The highest BCUT2D eigenvalue weighted by atomic mass is 35.5. The second kappa shape index (κ2) is 8.23. The number of thiazole rings is 1. The Morgan fingerprint density at radius 2 is 2.04 bits per heavy atom. The molecule has 2 aromatic rings. The van der Waals surface area contributed by atoms with E-state index in [4.69, 9.17) is 17.3 Å². The molecule has 0 radical (unpaired) electrons. The summed E-state index contributed by atoms with van der Waals surface area (Å²) in [6.07, 6.45) is 0. The zero-order valence-electron chi connectivity index (χ0n) is 13.4. The van der Waals surface area contributed by atoms with E-state index in [2.05, 4.69) is 15.6 Å². The van der Waals surface area contributed by atoms with Crippen molar-refractivity contribution in [2.24, 2.45) is 11.7 Å². The van der Waals surface area contributed by atoms with Crippen molar-refractivity contribution in [2.75, 3.05) is 11.9 Å². The molecule has 1 aromatic carbocycles. The third-order valence-corrected chi connectivity index (χ3v) is 4.43. The quantitative estimate of drug-likeness (QED) is 0.731. The average molecular weight is 367 g/mol. The highest BCUT2D eigenvalue weighted by molar-refractivity contribution is 7.14. The van der Waals surface area contributed by atoms with Crippen molar-refractivity contribution in [1.29, 1.82) is 0 Å². The number of halogens is 1. The second-order valence-corrected chi connectivity index (χ2v) is 6.82. The fourth-order valence-corrected chi connectivity index (χ4v) is 2.83. The molecule has 8 heteroatoms. The molecule has 0 aliphatic heterocycles. The van der Waals surface area contributed by atoms with Crippen LogP contribution in [0.4, 0.5) is 5.13 Å². The summed E-state index contributed by atoms with van der Waals surface area (Å²) in [6, 6.07) is 6.71. The molecule has 0 saturated heterocycles. The lowest BCUT2D eigenvalue weighted by Crippen LogP contribution is -2.46. The molecule has 1 aromatic heterocycles. The Morgan fingerprint density at radius 3 is 2.71 bits per heavy atom. The van der Waals surface area contributed by atoms with Gasteiger partial charge in [0.05, 0.1) is 18.3 Å². The zero-order chi connectivity index (χ0) is 17.7. The molecule has 0 unspecified atom stereocenters. The van der Waals surface area contributed by atoms with Crippen LogP contribution in [0.5, 0.6) is 0 Å². The topological polar surface area (TPSA) is 97.1 Å². The maximum atomic E-state index is 11.9. The second-order valence-electron chi connectivity index (χ2n) is 5.55. The molecule has 0 aliphatic rings. The third-order valence-electron chi connectivity index (χ3n) is 3.34. The summed E-state index contributed by atoms with van der Waals surface area (Å²) in [5, 5.41) is 8.00. The number of anilines is 1. The molecule has 1 atom stereocenters. The number of hydrogen-bond acceptors (Lipinski definition) is 5. The SMILES string of the molecule is CC(C)[C@H](N)C(=O)NCC(=O)Nc1nc(-c2ccccc2Cl)cs1. The number of nitrogens with two attached hydrogens (primary N) is 1. The number of amides is 2. The Hall–Kier alpha value is -1.96. The monoisotopic (exact) mass is 366 g/mol. The van der Waals surface area contributed by atoms with Crippen molar-refractivity contribution >= 4 is 39.9 Å². The molecule has 0 bridgehead atoms. The number of carbonyl (C=O) groups is 2. The van der Waals surface area contributed by atoms with Gasteiger partial charge in [-0.3, -0.25) is 9.59 Å². The number of benzene rings is 1. The van der Waals surface area contributed by atoms with Crippen LogP contribution in [0.1, 0.15) is 13.8 Å². The normalized spacial score (nSPS) is 12.0. The van der Waals surface area contributed by atoms with Gasteiger partial charge < -0.3 is 16.4 Å². The van der Waals surface area contributed by atoms with Gasteiger partial charge >= 0.3 is 0 Å². The molecule has 24 heavy (non-hydrogen) atoms. The summed E-state index contributed by atoms with van der Waals surface area (Å²) >= 11 is 7.42. The van der Waals surface area contributed by atoms with E-state index in [9.17, 15) is 9.59 Å². The van der Waals surface area contributed by atoms with Crippen LogP contribution in [0.3, 0.4) is 0 Å². The third kappa shape index (κ3) is 4.77. The van der Waals surface area contributed by atoms with Crippen LogP contribution in [0.15, 0.2) is 29.6 Å². The van der Waals surface area contributed by atoms with Crippen molar-refractivity contribution in [3.05, 3.63) is 34.7 Å². The number of rotatable bonds is 6. The van der Waals surface area contributed by atoms with Gasteiger partial charge in [-0.05, 0) is 12.0 Å². The molecular weight excluding hydrogens is 348 g/mol. The van der Waals surface area contributed by atoms with E-state index in [1.54, 1.807) is 6.07 Å². The first-order valence-electron chi connectivity index (χ1n) is 7.42. The van der Waals surface area contributed by atoms with E-state index in [0.29, 0.717) is 15.8 Å². The van der Waals surface area contributed by atoms with Crippen molar-refractivity contribution in [3.63, 3.8) is 0 Å². The first-order chi connectivity index (χ1) is 11.4. The van der Waals surface area contributed by atoms with Crippen molar-refractivity contribution in [2.45, 2.75) is 19.9 Å². The van der Waals surface area contributed by atoms with Gasteiger partial charge in [-0.1, -0.05) is 43.6 Å². The maximum Gasteiger partial charge on any atom is 0.245 e. The van der Waals surface area contributed by atoms with Crippen molar-refractivity contribution < 1.29 is 9.59 Å². The molecule has 0 spiro atoms. The molecule has 1 heterocycles. The van der Waals surface area contributed by atoms with Gasteiger partial charge in [0.15, 0.2) is 5.13 Å². The Bertz CT molecular complexity index is 732.